The molecule has 0 N–H and O–H groups in total. The third-order valence-corrected chi connectivity index (χ3v) is 3.40. The number of carbonyl (C=O) groups is 1. The van der Waals surface area contributed by atoms with E-state index < -0.39 is 27.2 Å². The number of hydrogen-bond donors (Lipinski definition) is 0. The minimum atomic E-state index is -3.30. The van der Waals surface area contributed by atoms with Gasteiger partial charge in [0.2, 0.25) is 0 Å². The van der Waals surface area contributed by atoms with E-state index in [1.807, 2.05) is 6.92 Å². The summed E-state index contributed by atoms with van der Waals surface area (Å²) in [5, 5.41) is 0. The minimum absolute atomic E-state index is 0.0695. The number of unbranched alkanes of at least 4 members (excludes halogenated alkanes) is 2. The number of esters is 1. The number of hydrogen-bond acceptors (Lipinski definition) is 4. The molecule has 0 amide bonds. The maximum absolute atomic E-state index is 11.5. The Kier molecular flexibility index (Phi) is 6.00. The maximum atomic E-state index is 11.5. The summed E-state index contributed by atoms with van der Waals surface area (Å²) in [6, 6.07) is 0. The summed E-state index contributed by atoms with van der Waals surface area (Å²) in [4.78, 5) is 11.3. The van der Waals surface area contributed by atoms with Crippen molar-refractivity contribution in [3.63, 3.8) is 0 Å². The molecule has 0 aliphatic carbocycles. The standard InChI is InChI=1S/C11H22O4S/c1-5-6-7-8-16(13,14)9-10(12)15-11(2,3)4/h5-9H2,1-4H3. The molecule has 0 bridgehead atoms. The Bertz CT molecular complexity index is 311. The van der Waals surface area contributed by atoms with Crippen LogP contribution in [0.1, 0.15) is 47.0 Å². The molecule has 4 nitrogen and oxygen atoms in total. The highest BCUT2D eigenvalue weighted by molar-refractivity contribution is 7.92. The van der Waals surface area contributed by atoms with Gasteiger partial charge in [-0.15, -0.1) is 0 Å². The number of ether oxygens (including phenoxy) is 1. The van der Waals surface area contributed by atoms with Crippen LogP contribution in [0.15, 0.2) is 0 Å². The van der Waals surface area contributed by atoms with Gasteiger partial charge in [-0.3, -0.25) is 4.79 Å². The molecule has 0 heterocycles. The van der Waals surface area contributed by atoms with E-state index in [4.69, 9.17) is 4.74 Å². The molecule has 0 aliphatic rings. The van der Waals surface area contributed by atoms with Crippen molar-refractivity contribution in [3.8, 4) is 0 Å². The largest absolute Gasteiger partial charge is 0.459 e. The van der Waals surface area contributed by atoms with Crippen molar-refractivity contribution >= 4 is 15.8 Å². The smallest absolute Gasteiger partial charge is 0.321 e. The molecule has 0 atom stereocenters. The zero-order chi connectivity index (χ0) is 12.8. The van der Waals surface area contributed by atoms with Gasteiger partial charge in [-0.25, -0.2) is 8.42 Å². The van der Waals surface area contributed by atoms with Crippen LogP contribution in [-0.4, -0.2) is 31.5 Å². The Labute approximate surface area is 98.3 Å². The number of rotatable bonds is 6. The molecule has 0 unspecified atom stereocenters. The highest BCUT2D eigenvalue weighted by Gasteiger charge is 2.22. The SMILES string of the molecule is CCCCCS(=O)(=O)CC(=O)OC(C)(C)C. The van der Waals surface area contributed by atoms with Gasteiger partial charge in [0.15, 0.2) is 9.84 Å². The van der Waals surface area contributed by atoms with E-state index in [0.717, 1.165) is 12.8 Å². The average molecular weight is 250 g/mol. The van der Waals surface area contributed by atoms with Gasteiger partial charge >= 0.3 is 5.97 Å². The van der Waals surface area contributed by atoms with Crippen LogP contribution in [0.2, 0.25) is 0 Å². The van der Waals surface area contributed by atoms with Crippen molar-refractivity contribution < 1.29 is 17.9 Å². The summed E-state index contributed by atoms with van der Waals surface area (Å²) in [5.41, 5.74) is -0.629. The molecule has 0 fully saturated rings. The second kappa shape index (κ2) is 6.23. The van der Waals surface area contributed by atoms with Crippen molar-refractivity contribution in [2.75, 3.05) is 11.5 Å². The second-order valence-corrected chi connectivity index (χ2v) is 7.07. The molecular weight excluding hydrogens is 228 g/mol. The topological polar surface area (TPSA) is 60.4 Å². The molecule has 0 radical (unpaired) electrons. The monoisotopic (exact) mass is 250 g/mol. The normalized spacial score (nSPS) is 12.5. The van der Waals surface area contributed by atoms with Crippen LogP contribution in [0.5, 0.6) is 0 Å². The van der Waals surface area contributed by atoms with Crippen LogP contribution in [0, 0.1) is 0 Å². The molecular formula is C11H22O4S. The fourth-order valence-electron chi connectivity index (χ4n) is 1.19. The van der Waals surface area contributed by atoms with Gasteiger partial charge in [-0.05, 0) is 27.2 Å². The summed E-state index contributed by atoms with van der Waals surface area (Å²) >= 11 is 0. The summed E-state index contributed by atoms with van der Waals surface area (Å²) in [5.74, 6) is -1.10. The molecule has 96 valence electrons. The Hall–Kier alpha value is -0.580. The molecule has 0 saturated heterocycles. The van der Waals surface area contributed by atoms with Crippen molar-refractivity contribution in [1.82, 2.24) is 0 Å². The van der Waals surface area contributed by atoms with Crippen LogP contribution in [0.3, 0.4) is 0 Å². The Morgan fingerprint density at radius 1 is 1.19 bits per heavy atom. The summed E-state index contributed by atoms with van der Waals surface area (Å²) in [6.07, 6.45) is 2.44. The van der Waals surface area contributed by atoms with Gasteiger partial charge < -0.3 is 4.74 Å². The van der Waals surface area contributed by atoms with Crippen LogP contribution in [0.4, 0.5) is 0 Å². The fraction of sp³-hybridized carbons (Fsp3) is 0.909. The number of sulfone groups is 1. The van der Waals surface area contributed by atoms with E-state index >= 15 is 0 Å². The zero-order valence-corrected chi connectivity index (χ0v) is 11.4. The summed E-state index contributed by atoms with van der Waals surface area (Å²) in [6.45, 7) is 7.15. The van der Waals surface area contributed by atoms with Crippen molar-refractivity contribution in [2.45, 2.75) is 52.6 Å². The molecule has 0 aromatic rings. The lowest BCUT2D eigenvalue weighted by Crippen LogP contribution is -2.29. The lowest BCUT2D eigenvalue weighted by molar-refractivity contribution is -0.151. The van der Waals surface area contributed by atoms with E-state index in [1.54, 1.807) is 20.8 Å². The van der Waals surface area contributed by atoms with Gasteiger partial charge in [0, 0.05) is 0 Å². The fourth-order valence-corrected chi connectivity index (χ4v) is 2.40. The van der Waals surface area contributed by atoms with Gasteiger partial charge in [0.05, 0.1) is 5.75 Å². The molecule has 0 aromatic heterocycles. The van der Waals surface area contributed by atoms with Crippen molar-refractivity contribution in [1.29, 1.82) is 0 Å². The summed E-state index contributed by atoms with van der Waals surface area (Å²) in [7, 11) is -3.30. The van der Waals surface area contributed by atoms with Crippen LogP contribution in [-0.2, 0) is 19.4 Å². The molecule has 0 aromatic carbocycles. The lowest BCUT2D eigenvalue weighted by Gasteiger charge is -2.19. The molecule has 5 heteroatoms. The van der Waals surface area contributed by atoms with Crippen LogP contribution in [0.25, 0.3) is 0 Å². The van der Waals surface area contributed by atoms with E-state index in [9.17, 15) is 13.2 Å². The van der Waals surface area contributed by atoms with Crippen molar-refractivity contribution in [3.05, 3.63) is 0 Å². The van der Waals surface area contributed by atoms with E-state index in [1.165, 1.54) is 0 Å². The van der Waals surface area contributed by atoms with Crippen LogP contribution < -0.4 is 0 Å². The van der Waals surface area contributed by atoms with E-state index in [0.29, 0.717) is 6.42 Å². The Morgan fingerprint density at radius 3 is 2.19 bits per heavy atom. The molecule has 0 saturated carbocycles. The first-order valence-corrected chi connectivity index (χ1v) is 7.41. The molecule has 0 rings (SSSR count). The maximum Gasteiger partial charge on any atom is 0.321 e. The second-order valence-electron chi connectivity index (χ2n) is 4.89. The predicted octanol–water partition coefficient (Wildman–Crippen LogP) is 1.93. The first-order valence-electron chi connectivity index (χ1n) is 5.58. The highest BCUT2D eigenvalue weighted by Crippen LogP contribution is 2.08. The third-order valence-electron chi connectivity index (χ3n) is 1.82. The first kappa shape index (κ1) is 15.4. The Balaban J connectivity index is 4.11. The average Bonchev–Trinajstić information content (AvgIpc) is 1.98. The van der Waals surface area contributed by atoms with E-state index in [2.05, 4.69) is 0 Å². The third kappa shape index (κ3) is 8.71. The lowest BCUT2D eigenvalue weighted by atomic mass is 10.2. The highest BCUT2D eigenvalue weighted by atomic mass is 32.2. The molecule has 0 spiro atoms. The predicted molar refractivity (Wildman–Crippen MR) is 64.0 cm³/mol. The van der Waals surface area contributed by atoms with E-state index in [-0.39, 0.29) is 5.75 Å². The van der Waals surface area contributed by atoms with Crippen molar-refractivity contribution in [2.24, 2.45) is 0 Å². The van der Waals surface area contributed by atoms with Gasteiger partial charge in [-0.1, -0.05) is 19.8 Å². The molecule has 16 heavy (non-hydrogen) atoms. The van der Waals surface area contributed by atoms with Gasteiger partial charge in [0.1, 0.15) is 11.4 Å². The quantitative estimate of drug-likeness (QED) is 0.534. The van der Waals surface area contributed by atoms with Crippen LogP contribution >= 0.6 is 0 Å². The minimum Gasteiger partial charge on any atom is -0.459 e. The number of carbonyl (C=O) groups excluding carboxylic acids is 1. The zero-order valence-electron chi connectivity index (χ0n) is 10.6. The van der Waals surface area contributed by atoms with Gasteiger partial charge in [0.25, 0.3) is 0 Å². The Morgan fingerprint density at radius 2 is 1.75 bits per heavy atom. The molecule has 0 aliphatic heterocycles. The summed E-state index contributed by atoms with van der Waals surface area (Å²) < 4.78 is 28.0. The first-order chi connectivity index (χ1) is 7.16. The van der Waals surface area contributed by atoms with Gasteiger partial charge in [-0.2, -0.15) is 0 Å².